The number of halogens is 2. The van der Waals surface area contributed by atoms with Crippen molar-refractivity contribution in [1.82, 2.24) is 0 Å². The fraction of sp³-hybridized carbons (Fsp3) is 0.294. The van der Waals surface area contributed by atoms with Crippen LogP contribution in [0.5, 0.6) is 5.75 Å². The molecule has 2 N–H and O–H groups in total. The van der Waals surface area contributed by atoms with Crippen molar-refractivity contribution < 1.29 is 9.13 Å². The number of ether oxygens (including phenoxy) is 1. The van der Waals surface area contributed by atoms with Gasteiger partial charge in [0.05, 0.1) is 5.02 Å². The van der Waals surface area contributed by atoms with Gasteiger partial charge in [0.2, 0.25) is 0 Å². The zero-order chi connectivity index (χ0) is 15.4. The number of aryl methyl sites for hydroxylation is 1. The first-order valence-electron chi connectivity index (χ1n) is 6.87. The van der Waals surface area contributed by atoms with E-state index in [0.717, 1.165) is 23.1 Å². The lowest BCUT2D eigenvalue weighted by Gasteiger charge is -2.12. The van der Waals surface area contributed by atoms with Crippen molar-refractivity contribution in [3.63, 3.8) is 0 Å². The topological polar surface area (TPSA) is 35.2 Å². The quantitative estimate of drug-likeness (QED) is 0.896. The second kappa shape index (κ2) is 6.92. The minimum atomic E-state index is -0.266. The van der Waals surface area contributed by atoms with Crippen LogP contribution < -0.4 is 10.5 Å². The van der Waals surface area contributed by atoms with Crippen molar-refractivity contribution >= 4 is 11.6 Å². The van der Waals surface area contributed by atoms with Gasteiger partial charge in [0, 0.05) is 6.04 Å². The van der Waals surface area contributed by atoms with Gasteiger partial charge < -0.3 is 10.5 Å². The predicted molar refractivity (Wildman–Crippen MR) is 84.3 cm³/mol. The van der Waals surface area contributed by atoms with Gasteiger partial charge >= 0.3 is 0 Å². The summed E-state index contributed by atoms with van der Waals surface area (Å²) >= 11 is 6.21. The van der Waals surface area contributed by atoms with Crippen molar-refractivity contribution in [3.05, 3.63) is 63.9 Å². The zero-order valence-electron chi connectivity index (χ0n) is 12.2. The Morgan fingerprint density at radius 3 is 2.67 bits per heavy atom. The molecule has 0 radical (unpaired) electrons. The van der Waals surface area contributed by atoms with E-state index in [2.05, 4.69) is 0 Å². The minimum absolute atomic E-state index is 0.0859. The Balaban J connectivity index is 2.08. The molecule has 0 aliphatic heterocycles. The van der Waals surface area contributed by atoms with Gasteiger partial charge in [0.25, 0.3) is 0 Å². The van der Waals surface area contributed by atoms with Crippen molar-refractivity contribution in [2.45, 2.75) is 32.9 Å². The second-order valence-electron chi connectivity index (χ2n) is 5.31. The highest BCUT2D eigenvalue weighted by molar-refractivity contribution is 6.32. The molecule has 1 atom stereocenters. The molecule has 2 rings (SSSR count). The first-order chi connectivity index (χ1) is 9.95. The fourth-order valence-electron chi connectivity index (χ4n) is 2.11. The third-order valence-corrected chi connectivity index (χ3v) is 3.54. The van der Waals surface area contributed by atoms with Gasteiger partial charge in [-0.1, -0.05) is 23.7 Å². The average Bonchev–Trinajstić information content (AvgIpc) is 2.41. The number of hydrogen-bond donors (Lipinski definition) is 1. The Bertz CT molecular complexity index is 628. The van der Waals surface area contributed by atoms with Crippen LogP contribution in [0, 0.1) is 12.7 Å². The summed E-state index contributed by atoms with van der Waals surface area (Å²) in [6.07, 6.45) is 0.767. The molecule has 2 aromatic rings. The molecule has 4 heteroatoms. The highest BCUT2D eigenvalue weighted by Crippen LogP contribution is 2.27. The molecule has 2 aromatic carbocycles. The van der Waals surface area contributed by atoms with Crippen LogP contribution in [-0.4, -0.2) is 6.04 Å². The standard InChI is InChI=1S/C17H19ClFNO/c1-11-3-5-15(19)9-14(11)10-21-17-6-4-13(7-12(2)20)8-16(17)18/h3-6,8-9,12H,7,10,20H2,1-2H3. The number of rotatable bonds is 5. The zero-order valence-corrected chi connectivity index (χ0v) is 13.0. The summed E-state index contributed by atoms with van der Waals surface area (Å²) in [6, 6.07) is 10.4. The maximum absolute atomic E-state index is 13.2. The molecule has 0 saturated carbocycles. The van der Waals surface area contributed by atoms with Crippen LogP contribution in [-0.2, 0) is 13.0 Å². The molecule has 0 aliphatic rings. The normalized spacial score (nSPS) is 12.2. The van der Waals surface area contributed by atoms with E-state index in [9.17, 15) is 4.39 Å². The summed E-state index contributed by atoms with van der Waals surface area (Å²) in [5.41, 5.74) is 8.64. The van der Waals surface area contributed by atoms with Crippen LogP contribution in [0.1, 0.15) is 23.6 Å². The molecule has 21 heavy (non-hydrogen) atoms. The van der Waals surface area contributed by atoms with Gasteiger partial charge in [0.1, 0.15) is 18.2 Å². The largest absolute Gasteiger partial charge is 0.487 e. The SMILES string of the molecule is Cc1ccc(F)cc1COc1ccc(CC(C)N)cc1Cl. The van der Waals surface area contributed by atoms with Gasteiger partial charge in [-0.3, -0.25) is 0 Å². The van der Waals surface area contributed by atoms with Gasteiger partial charge in [-0.25, -0.2) is 4.39 Å². The molecule has 2 nitrogen and oxygen atoms in total. The highest BCUT2D eigenvalue weighted by Gasteiger charge is 2.07. The van der Waals surface area contributed by atoms with Crippen LogP contribution in [0.25, 0.3) is 0 Å². The minimum Gasteiger partial charge on any atom is -0.487 e. The Labute approximate surface area is 129 Å². The van der Waals surface area contributed by atoms with Crippen LogP contribution in [0.4, 0.5) is 4.39 Å². The summed E-state index contributed by atoms with van der Waals surface area (Å²) in [4.78, 5) is 0. The Morgan fingerprint density at radius 1 is 1.24 bits per heavy atom. The third-order valence-electron chi connectivity index (χ3n) is 3.25. The average molecular weight is 308 g/mol. The Kier molecular flexibility index (Phi) is 5.21. The lowest BCUT2D eigenvalue weighted by molar-refractivity contribution is 0.305. The summed E-state index contributed by atoms with van der Waals surface area (Å²) in [5.74, 6) is 0.325. The van der Waals surface area contributed by atoms with Crippen LogP contribution in [0.3, 0.4) is 0 Å². The molecular weight excluding hydrogens is 289 g/mol. The van der Waals surface area contributed by atoms with Crippen molar-refractivity contribution in [3.8, 4) is 5.75 Å². The molecule has 0 aliphatic carbocycles. The van der Waals surface area contributed by atoms with E-state index in [1.807, 2.05) is 32.0 Å². The third kappa shape index (κ3) is 4.45. The molecule has 0 aromatic heterocycles. The van der Waals surface area contributed by atoms with Crippen molar-refractivity contribution in [1.29, 1.82) is 0 Å². The van der Waals surface area contributed by atoms with Gasteiger partial charge in [-0.05, 0) is 61.2 Å². The number of nitrogens with two attached hydrogens (primary N) is 1. The maximum atomic E-state index is 13.2. The van der Waals surface area contributed by atoms with E-state index in [-0.39, 0.29) is 18.5 Å². The fourth-order valence-corrected chi connectivity index (χ4v) is 2.37. The summed E-state index contributed by atoms with van der Waals surface area (Å²) in [6.45, 7) is 4.16. The Hall–Kier alpha value is -1.58. The Morgan fingerprint density at radius 2 is 2.00 bits per heavy atom. The highest BCUT2D eigenvalue weighted by atomic mass is 35.5. The molecule has 0 saturated heterocycles. The van der Waals surface area contributed by atoms with Crippen LogP contribution >= 0.6 is 11.6 Å². The van der Waals surface area contributed by atoms with Gasteiger partial charge in [-0.15, -0.1) is 0 Å². The monoisotopic (exact) mass is 307 g/mol. The molecule has 1 unspecified atom stereocenters. The number of benzene rings is 2. The first-order valence-corrected chi connectivity index (χ1v) is 7.25. The van der Waals surface area contributed by atoms with E-state index in [1.54, 1.807) is 6.07 Å². The summed E-state index contributed by atoms with van der Waals surface area (Å²) in [7, 11) is 0. The lowest BCUT2D eigenvalue weighted by Crippen LogP contribution is -2.17. The van der Waals surface area contributed by atoms with E-state index >= 15 is 0 Å². The van der Waals surface area contributed by atoms with Crippen molar-refractivity contribution in [2.24, 2.45) is 5.73 Å². The summed E-state index contributed by atoms with van der Waals surface area (Å²) < 4.78 is 18.9. The van der Waals surface area contributed by atoms with Crippen molar-refractivity contribution in [2.75, 3.05) is 0 Å². The molecular formula is C17H19ClFNO. The van der Waals surface area contributed by atoms with E-state index < -0.39 is 0 Å². The molecule has 0 spiro atoms. The maximum Gasteiger partial charge on any atom is 0.138 e. The van der Waals surface area contributed by atoms with Crippen LogP contribution in [0.15, 0.2) is 36.4 Å². The van der Waals surface area contributed by atoms with Gasteiger partial charge in [0.15, 0.2) is 0 Å². The molecule has 0 fully saturated rings. The summed E-state index contributed by atoms with van der Waals surface area (Å²) in [5, 5.41) is 0.544. The molecule has 0 heterocycles. The predicted octanol–water partition coefficient (Wildman–Crippen LogP) is 4.26. The second-order valence-corrected chi connectivity index (χ2v) is 5.71. The smallest absolute Gasteiger partial charge is 0.138 e. The first kappa shape index (κ1) is 15.8. The van der Waals surface area contributed by atoms with Crippen LogP contribution in [0.2, 0.25) is 5.02 Å². The number of hydrogen-bond acceptors (Lipinski definition) is 2. The van der Waals surface area contributed by atoms with E-state index in [4.69, 9.17) is 22.1 Å². The molecule has 0 bridgehead atoms. The van der Waals surface area contributed by atoms with Gasteiger partial charge in [-0.2, -0.15) is 0 Å². The molecule has 112 valence electrons. The van der Waals surface area contributed by atoms with E-state index in [0.29, 0.717) is 10.8 Å². The van der Waals surface area contributed by atoms with E-state index in [1.165, 1.54) is 12.1 Å². The lowest BCUT2D eigenvalue weighted by atomic mass is 10.1. The molecule has 0 amide bonds.